The summed E-state index contributed by atoms with van der Waals surface area (Å²) in [6, 6.07) is 3.57. The number of carboxylic acids is 1. The summed E-state index contributed by atoms with van der Waals surface area (Å²) in [5.41, 5.74) is 2.52. The highest BCUT2D eigenvalue weighted by molar-refractivity contribution is 6.01. The van der Waals surface area contributed by atoms with Crippen molar-refractivity contribution >= 4 is 17.0 Å². The second kappa shape index (κ2) is 3.63. The van der Waals surface area contributed by atoms with Crippen molar-refractivity contribution in [2.75, 3.05) is 0 Å². The van der Waals surface area contributed by atoms with Gasteiger partial charge in [0.1, 0.15) is 11.3 Å². The maximum atomic E-state index is 11.1. The molecule has 1 aromatic heterocycles. The summed E-state index contributed by atoms with van der Waals surface area (Å²) in [5.74, 6) is 0.146. The van der Waals surface area contributed by atoms with E-state index in [0.717, 1.165) is 16.9 Å². The minimum Gasteiger partial charge on any atom is -0.478 e. The van der Waals surface area contributed by atoms with Crippen molar-refractivity contribution in [3.63, 3.8) is 0 Å². The van der Waals surface area contributed by atoms with Crippen LogP contribution in [0.1, 0.15) is 41.5 Å². The molecule has 84 valence electrons. The highest BCUT2D eigenvalue weighted by atomic mass is 16.4. The Morgan fingerprint density at radius 2 is 2.12 bits per heavy atom. The minimum absolute atomic E-state index is 0.259. The molecular weight excluding hydrogens is 204 g/mol. The van der Waals surface area contributed by atoms with Gasteiger partial charge in [-0.3, -0.25) is 0 Å². The lowest BCUT2D eigenvalue weighted by atomic mass is 10.1. The van der Waals surface area contributed by atoms with E-state index in [-0.39, 0.29) is 11.5 Å². The van der Waals surface area contributed by atoms with Gasteiger partial charge in [0, 0.05) is 5.92 Å². The van der Waals surface area contributed by atoms with Crippen molar-refractivity contribution < 1.29 is 9.90 Å². The SMILES string of the molecule is Cc1cc(C(=O)O)c2nc(C(C)C)[nH]c2c1. The average molecular weight is 218 g/mol. The molecular formula is C12H14N2O2. The van der Waals surface area contributed by atoms with Crippen LogP contribution in [0.25, 0.3) is 11.0 Å². The number of aryl methyl sites for hydroxylation is 1. The third kappa shape index (κ3) is 1.66. The van der Waals surface area contributed by atoms with Crippen LogP contribution in [0.4, 0.5) is 0 Å². The van der Waals surface area contributed by atoms with E-state index in [4.69, 9.17) is 5.11 Å². The van der Waals surface area contributed by atoms with Gasteiger partial charge in [-0.05, 0) is 24.6 Å². The lowest BCUT2D eigenvalue weighted by Gasteiger charge is -1.97. The number of benzene rings is 1. The number of nitrogens with one attached hydrogen (secondary N) is 1. The monoisotopic (exact) mass is 218 g/mol. The first kappa shape index (κ1) is 10.7. The van der Waals surface area contributed by atoms with Crippen LogP contribution < -0.4 is 0 Å². The molecule has 0 aliphatic carbocycles. The van der Waals surface area contributed by atoms with Gasteiger partial charge < -0.3 is 10.1 Å². The topological polar surface area (TPSA) is 66.0 Å². The van der Waals surface area contributed by atoms with Crippen LogP contribution in [0.15, 0.2) is 12.1 Å². The zero-order valence-corrected chi connectivity index (χ0v) is 9.53. The fourth-order valence-corrected chi connectivity index (χ4v) is 1.72. The number of aromatic carboxylic acids is 1. The Hall–Kier alpha value is -1.84. The highest BCUT2D eigenvalue weighted by Gasteiger charge is 2.14. The van der Waals surface area contributed by atoms with E-state index in [2.05, 4.69) is 9.97 Å². The molecule has 4 heteroatoms. The van der Waals surface area contributed by atoms with Crippen molar-refractivity contribution in [1.29, 1.82) is 0 Å². The summed E-state index contributed by atoms with van der Waals surface area (Å²) in [5, 5.41) is 9.10. The zero-order chi connectivity index (χ0) is 11.9. The number of fused-ring (bicyclic) bond motifs is 1. The number of carbonyl (C=O) groups is 1. The Kier molecular flexibility index (Phi) is 2.42. The van der Waals surface area contributed by atoms with Crippen LogP contribution in [0, 0.1) is 6.92 Å². The lowest BCUT2D eigenvalue weighted by molar-refractivity contribution is 0.0698. The highest BCUT2D eigenvalue weighted by Crippen LogP contribution is 2.22. The molecule has 1 heterocycles. The van der Waals surface area contributed by atoms with Crippen LogP contribution in [-0.4, -0.2) is 21.0 Å². The average Bonchev–Trinajstić information content (AvgIpc) is 2.59. The molecule has 2 rings (SSSR count). The van der Waals surface area contributed by atoms with Gasteiger partial charge in [-0.1, -0.05) is 13.8 Å². The van der Waals surface area contributed by atoms with Gasteiger partial charge in [0.25, 0.3) is 0 Å². The van der Waals surface area contributed by atoms with Crippen LogP contribution >= 0.6 is 0 Å². The van der Waals surface area contributed by atoms with Crippen molar-refractivity contribution in [1.82, 2.24) is 9.97 Å². The van der Waals surface area contributed by atoms with E-state index in [1.165, 1.54) is 0 Å². The fourth-order valence-electron chi connectivity index (χ4n) is 1.72. The Labute approximate surface area is 93.3 Å². The standard InChI is InChI=1S/C12H14N2O2/c1-6(2)11-13-9-5-7(3)4-8(12(15)16)10(9)14-11/h4-6H,1-3H3,(H,13,14)(H,15,16). The first-order chi connectivity index (χ1) is 7.49. The number of imidazole rings is 1. The number of H-pyrrole nitrogens is 1. The number of nitrogens with zero attached hydrogens (tertiary/aromatic N) is 1. The predicted molar refractivity (Wildman–Crippen MR) is 61.9 cm³/mol. The minimum atomic E-state index is -0.935. The van der Waals surface area contributed by atoms with Crippen LogP contribution in [0.3, 0.4) is 0 Å². The molecule has 0 aliphatic heterocycles. The first-order valence-corrected chi connectivity index (χ1v) is 5.22. The van der Waals surface area contributed by atoms with Crippen molar-refractivity contribution in [2.45, 2.75) is 26.7 Å². The predicted octanol–water partition coefficient (Wildman–Crippen LogP) is 2.69. The Morgan fingerprint density at radius 3 is 2.69 bits per heavy atom. The smallest absolute Gasteiger partial charge is 0.337 e. The van der Waals surface area contributed by atoms with Gasteiger partial charge in [-0.15, -0.1) is 0 Å². The van der Waals surface area contributed by atoms with Gasteiger partial charge in [0.05, 0.1) is 11.1 Å². The summed E-state index contributed by atoms with van der Waals surface area (Å²) < 4.78 is 0. The van der Waals surface area contributed by atoms with E-state index in [1.807, 2.05) is 26.8 Å². The zero-order valence-electron chi connectivity index (χ0n) is 9.53. The first-order valence-electron chi connectivity index (χ1n) is 5.22. The summed E-state index contributed by atoms with van der Waals surface area (Å²) in [6.07, 6.45) is 0. The van der Waals surface area contributed by atoms with Gasteiger partial charge in [0.15, 0.2) is 0 Å². The van der Waals surface area contributed by atoms with E-state index in [9.17, 15) is 4.79 Å². The Balaban J connectivity index is 2.75. The maximum absolute atomic E-state index is 11.1. The molecule has 4 nitrogen and oxygen atoms in total. The van der Waals surface area contributed by atoms with Crippen molar-refractivity contribution in [3.05, 3.63) is 29.1 Å². The number of hydrogen-bond acceptors (Lipinski definition) is 2. The van der Waals surface area contributed by atoms with E-state index < -0.39 is 5.97 Å². The third-order valence-electron chi connectivity index (χ3n) is 2.53. The molecule has 0 saturated carbocycles. The van der Waals surface area contributed by atoms with Crippen LogP contribution in [0.5, 0.6) is 0 Å². The van der Waals surface area contributed by atoms with Gasteiger partial charge in [-0.2, -0.15) is 0 Å². The molecule has 16 heavy (non-hydrogen) atoms. The number of carboxylic acid groups (broad SMARTS) is 1. The molecule has 0 bridgehead atoms. The van der Waals surface area contributed by atoms with Gasteiger partial charge in [-0.25, -0.2) is 9.78 Å². The number of hydrogen-bond donors (Lipinski definition) is 2. The second-order valence-electron chi connectivity index (χ2n) is 4.29. The molecule has 0 saturated heterocycles. The summed E-state index contributed by atoms with van der Waals surface area (Å²) in [4.78, 5) is 18.6. The summed E-state index contributed by atoms with van der Waals surface area (Å²) in [6.45, 7) is 5.91. The largest absolute Gasteiger partial charge is 0.478 e. The molecule has 2 N–H and O–H groups in total. The molecule has 0 aliphatic rings. The molecule has 0 fully saturated rings. The molecule has 0 radical (unpaired) electrons. The lowest BCUT2D eigenvalue weighted by Crippen LogP contribution is -1.98. The van der Waals surface area contributed by atoms with Gasteiger partial charge >= 0.3 is 5.97 Å². The second-order valence-corrected chi connectivity index (χ2v) is 4.29. The summed E-state index contributed by atoms with van der Waals surface area (Å²) >= 11 is 0. The normalized spacial score (nSPS) is 11.2. The van der Waals surface area contributed by atoms with Crippen molar-refractivity contribution in [3.8, 4) is 0 Å². The maximum Gasteiger partial charge on any atom is 0.337 e. The van der Waals surface area contributed by atoms with E-state index in [0.29, 0.717) is 5.52 Å². The number of rotatable bonds is 2. The van der Waals surface area contributed by atoms with Crippen LogP contribution in [-0.2, 0) is 0 Å². The molecule has 2 aromatic rings. The van der Waals surface area contributed by atoms with E-state index in [1.54, 1.807) is 6.07 Å². The third-order valence-corrected chi connectivity index (χ3v) is 2.53. The quantitative estimate of drug-likeness (QED) is 0.814. The van der Waals surface area contributed by atoms with Crippen LogP contribution in [0.2, 0.25) is 0 Å². The van der Waals surface area contributed by atoms with Gasteiger partial charge in [0.2, 0.25) is 0 Å². The Bertz CT molecular complexity index is 555. The molecule has 1 aromatic carbocycles. The number of aromatic nitrogens is 2. The molecule has 0 amide bonds. The fraction of sp³-hybridized carbons (Fsp3) is 0.333. The summed E-state index contributed by atoms with van der Waals surface area (Å²) in [7, 11) is 0. The molecule has 0 spiro atoms. The van der Waals surface area contributed by atoms with E-state index >= 15 is 0 Å². The Morgan fingerprint density at radius 1 is 1.44 bits per heavy atom. The molecule has 0 atom stereocenters. The van der Waals surface area contributed by atoms with Crippen molar-refractivity contribution in [2.24, 2.45) is 0 Å². The molecule has 0 unspecified atom stereocenters. The number of aromatic amines is 1.